The standard InChI is InChI=1S/C9H11F2Si/c1-12(2)8-6-4-3-5-7(8)9(10)11/h3-6,9H,1-2H3. The molecule has 0 fully saturated rings. The van der Waals surface area contributed by atoms with E-state index in [0.717, 1.165) is 5.19 Å². The van der Waals surface area contributed by atoms with Crippen molar-refractivity contribution in [3.05, 3.63) is 29.8 Å². The molecule has 1 rings (SSSR count). The molecule has 3 heteroatoms. The van der Waals surface area contributed by atoms with Crippen LogP contribution in [0.2, 0.25) is 13.1 Å². The molecule has 0 aliphatic rings. The minimum atomic E-state index is -2.33. The first kappa shape index (κ1) is 9.39. The van der Waals surface area contributed by atoms with E-state index in [9.17, 15) is 8.78 Å². The lowest BCUT2D eigenvalue weighted by Crippen LogP contribution is -2.26. The molecule has 1 radical (unpaired) electrons. The predicted molar refractivity (Wildman–Crippen MR) is 48.5 cm³/mol. The highest BCUT2D eigenvalue weighted by molar-refractivity contribution is 6.71. The van der Waals surface area contributed by atoms with E-state index in [1.807, 2.05) is 19.2 Å². The van der Waals surface area contributed by atoms with Crippen molar-refractivity contribution >= 4 is 14.0 Å². The molecule has 0 saturated carbocycles. The van der Waals surface area contributed by atoms with Gasteiger partial charge in [-0.15, -0.1) is 0 Å². The Bertz CT molecular complexity index is 231. The zero-order valence-electron chi connectivity index (χ0n) is 7.14. The van der Waals surface area contributed by atoms with Gasteiger partial charge >= 0.3 is 0 Å². The molecule has 0 unspecified atom stereocenters. The van der Waals surface area contributed by atoms with Gasteiger partial charge in [0.15, 0.2) is 0 Å². The van der Waals surface area contributed by atoms with E-state index in [-0.39, 0.29) is 5.56 Å². The number of rotatable bonds is 2. The molecular weight excluding hydrogens is 174 g/mol. The van der Waals surface area contributed by atoms with Gasteiger partial charge in [0.1, 0.15) is 0 Å². The van der Waals surface area contributed by atoms with Gasteiger partial charge in [-0.2, -0.15) is 0 Å². The number of benzene rings is 1. The molecule has 0 bridgehead atoms. The van der Waals surface area contributed by atoms with Crippen molar-refractivity contribution in [2.24, 2.45) is 0 Å². The van der Waals surface area contributed by atoms with Gasteiger partial charge in [0.25, 0.3) is 6.43 Å². The van der Waals surface area contributed by atoms with Crippen LogP contribution in [-0.4, -0.2) is 8.80 Å². The summed E-state index contributed by atoms with van der Waals surface area (Å²) in [6.45, 7) is 4.04. The van der Waals surface area contributed by atoms with Crippen LogP contribution < -0.4 is 5.19 Å². The minimum absolute atomic E-state index is 0.205. The summed E-state index contributed by atoms with van der Waals surface area (Å²) in [5, 5.41) is 0.845. The first-order chi connectivity index (χ1) is 5.63. The number of hydrogen-bond donors (Lipinski definition) is 0. The quantitative estimate of drug-likeness (QED) is 0.621. The van der Waals surface area contributed by atoms with E-state index >= 15 is 0 Å². The van der Waals surface area contributed by atoms with E-state index in [1.54, 1.807) is 12.1 Å². The summed E-state index contributed by atoms with van der Waals surface area (Å²) in [6.07, 6.45) is -2.33. The first-order valence-electron chi connectivity index (χ1n) is 3.80. The van der Waals surface area contributed by atoms with Crippen LogP contribution in [-0.2, 0) is 0 Å². The Balaban J connectivity index is 3.09. The second-order valence-electron chi connectivity index (χ2n) is 2.89. The van der Waals surface area contributed by atoms with Crippen molar-refractivity contribution in [2.45, 2.75) is 19.5 Å². The molecule has 0 aliphatic heterocycles. The fourth-order valence-corrected chi connectivity index (χ4v) is 2.34. The summed E-state index contributed by atoms with van der Waals surface area (Å²) in [6, 6.07) is 6.79. The molecule has 0 aliphatic carbocycles. The van der Waals surface area contributed by atoms with Crippen molar-refractivity contribution in [1.29, 1.82) is 0 Å². The van der Waals surface area contributed by atoms with Crippen LogP contribution in [0.1, 0.15) is 12.0 Å². The second-order valence-corrected chi connectivity index (χ2v) is 5.43. The monoisotopic (exact) mass is 185 g/mol. The summed E-state index contributed by atoms with van der Waals surface area (Å²) in [4.78, 5) is 0. The Morgan fingerprint density at radius 1 is 1.17 bits per heavy atom. The Labute approximate surface area is 72.8 Å². The van der Waals surface area contributed by atoms with Crippen molar-refractivity contribution in [3.8, 4) is 0 Å². The fraction of sp³-hybridized carbons (Fsp3) is 0.333. The molecular formula is C9H11F2Si. The highest BCUT2D eigenvalue weighted by Gasteiger charge is 2.14. The van der Waals surface area contributed by atoms with Crippen LogP contribution in [0.15, 0.2) is 24.3 Å². The maximum atomic E-state index is 12.4. The fourth-order valence-electron chi connectivity index (χ4n) is 1.14. The highest BCUT2D eigenvalue weighted by Crippen LogP contribution is 2.16. The Morgan fingerprint density at radius 3 is 2.17 bits per heavy atom. The smallest absolute Gasteiger partial charge is 0.205 e. The molecule has 0 saturated heterocycles. The number of alkyl halides is 2. The summed E-state index contributed by atoms with van der Waals surface area (Å²) in [5.74, 6) is 0. The van der Waals surface area contributed by atoms with E-state index in [4.69, 9.17) is 0 Å². The lowest BCUT2D eigenvalue weighted by atomic mass is 10.2. The Hall–Kier alpha value is -0.703. The van der Waals surface area contributed by atoms with Crippen molar-refractivity contribution in [1.82, 2.24) is 0 Å². The second kappa shape index (κ2) is 3.80. The zero-order valence-corrected chi connectivity index (χ0v) is 8.14. The zero-order chi connectivity index (χ0) is 9.14. The van der Waals surface area contributed by atoms with Crippen molar-refractivity contribution in [2.75, 3.05) is 0 Å². The molecule has 65 valence electrons. The van der Waals surface area contributed by atoms with E-state index < -0.39 is 15.2 Å². The highest BCUT2D eigenvalue weighted by atomic mass is 28.3. The van der Waals surface area contributed by atoms with Crippen LogP contribution in [0, 0.1) is 0 Å². The Morgan fingerprint density at radius 2 is 1.75 bits per heavy atom. The predicted octanol–water partition coefficient (Wildman–Crippen LogP) is 2.59. The lowest BCUT2D eigenvalue weighted by molar-refractivity contribution is 0.152. The molecule has 1 aromatic carbocycles. The third kappa shape index (κ3) is 1.91. The molecule has 0 nitrogen and oxygen atoms in total. The maximum absolute atomic E-state index is 12.4. The van der Waals surface area contributed by atoms with Crippen LogP contribution in [0.5, 0.6) is 0 Å². The van der Waals surface area contributed by atoms with Crippen LogP contribution in [0.25, 0.3) is 0 Å². The molecule has 1 aromatic rings. The largest absolute Gasteiger partial charge is 0.263 e. The summed E-state index contributed by atoms with van der Waals surface area (Å²) in [5.41, 5.74) is 0.205. The van der Waals surface area contributed by atoms with Gasteiger partial charge in [-0.25, -0.2) is 8.78 Å². The van der Waals surface area contributed by atoms with Crippen LogP contribution >= 0.6 is 0 Å². The summed E-state index contributed by atoms with van der Waals surface area (Å²) in [7, 11) is -0.767. The normalized spacial score (nSPS) is 11.2. The van der Waals surface area contributed by atoms with E-state index in [0.29, 0.717) is 0 Å². The van der Waals surface area contributed by atoms with E-state index in [1.165, 1.54) is 6.07 Å². The van der Waals surface area contributed by atoms with Gasteiger partial charge in [0, 0.05) is 5.56 Å². The Kier molecular flexibility index (Phi) is 2.97. The van der Waals surface area contributed by atoms with Gasteiger partial charge in [-0.05, 0) is 0 Å². The van der Waals surface area contributed by atoms with Gasteiger partial charge in [0.05, 0.1) is 8.80 Å². The number of halogens is 2. The maximum Gasteiger partial charge on any atom is 0.263 e. The van der Waals surface area contributed by atoms with Crippen molar-refractivity contribution < 1.29 is 8.78 Å². The van der Waals surface area contributed by atoms with Crippen LogP contribution in [0.3, 0.4) is 0 Å². The third-order valence-electron chi connectivity index (χ3n) is 1.73. The SMILES string of the molecule is C[Si](C)c1ccccc1C(F)F. The number of hydrogen-bond acceptors (Lipinski definition) is 0. The molecule has 0 aromatic heterocycles. The topological polar surface area (TPSA) is 0 Å². The van der Waals surface area contributed by atoms with Crippen molar-refractivity contribution in [3.63, 3.8) is 0 Å². The van der Waals surface area contributed by atoms with Gasteiger partial charge < -0.3 is 0 Å². The summed E-state index contributed by atoms with van der Waals surface area (Å²) >= 11 is 0. The third-order valence-corrected chi connectivity index (χ3v) is 3.27. The average molecular weight is 185 g/mol. The first-order valence-corrected chi connectivity index (χ1v) is 6.30. The molecule has 0 atom stereocenters. The minimum Gasteiger partial charge on any atom is -0.205 e. The summed E-state index contributed by atoms with van der Waals surface area (Å²) < 4.78 is 24.8. The molecule has 0 spiro atoms. The van der Waals surface area contributed by atoms with Crippen LogP contribution in [0.4, 0.5) is 8.78 Å². The molecule has 0 amide bonds. The lowest BCUT2D eigenvalue weighted by Gasteiger charge is -2.09. The van der Waals surface area contributed by atoms with Gasteiger partial charge in [-0.1, -0.05) is 42.5 Å². The molecule has 0 N–H and O–H groups in total. The van der Waals surface area contributed by atoms with Gasteiger partial charge in [-0.3, -0.25) is 0 Å². The molecule has 12 heavy (non-hydrogen) atoms. The van der Waals surface area contributed by atoms with Gasteiger partial charge in [0.2, 0.25) is 0 Å². The molecule has 0 heterocycles. The average Bonchev–Trinajstić information content (AvgIpc) is 2.04. The van der Waals surface area contributed by atoms with E-state index in [2.05, 4.69) is 0 Å².